The number of rotatable bonds is 3. The largest absolute Gasteiger partial charge is 0.337 e. The van der Waals surface area contributed by atoms with Crippen LogP contribution in [-0.2, 0) is 13.1 Å². The monoisotopic (exact) mass is 381 g/mol. The molecule has 0 spiro atoms. The molecule has 0 bridgehead atoms. The van der Waals surface area contributed by atoms with E-state index in [2.05, 4.69) is 10.1 Å². The van der Waals surface area contributed by atoms with Crippen LogP contribution in [0.5, 0.6) is 0 Å². The van der Waals surface area contributed by atoms with E-state index in [0.29, 0.717) is 43.5 Å². The molecule has 2 atom stereocenters. The van der Waals surface area contributed by atoms with Crippen molar-refractivity contribution in [3.05, 3.63) is 56.1 Å². The molecule has 4 heterocycles. The van der Waals surface area contributed by atoms with Crippen molar-refractivity contribution in [1.29, 1.82) is 0 Å². The molecule has 1 saturated heterocycles. The number of amides is 1. The minimum Gasteiger partial charge on any atom is -0.337 e. The first kappa shape index (κ1) is 17.3. The third-order valence-electron chi connectivity index (χ3n) is 6.42. The lowest BCUT2D eigenvalue weighted by Gasteiger charge is -2.25. The summed E-state index contributed by atoms with van der Waals surface area (Å²) in [5.41, 5.74) is 0.540. The number of carbonyl (C=O) groups excluding carboxylic acids is 1. The topological polar surface area (TPSA) is 90.1 Å². The van der Waals surface area contributed by atoms with Gasteiger partial charge in [-0.3, -0.25) is 23.9 Å². The molecule has 3 aliphatic rings. The van der Waals surface area contributed by atoms with Crippen molar-refractivity contribution < 1.29 is 4.79 Å². The molecule has 1 amide bonds. The third kappa shape index (κ3) is 2.70. The molecule has 8 nitrogen and oxygen atoms in total. The van der Waals surface area contributed by atoms with E-state index in [-0.39, 0.29) is 17.7 Å². The van der Waals surface area contributed by atoms with Gasteiger partial charge < -0.3 is 4.90 Å². The first-order chi connectivity index (χ1) is 13.5. The van der Waals surface area contributed by atoms with E-state index in [1.54, 1.807) is 12.4 Å². The standard InChI is InChI=1S/C20H23N5O3/c1-12-5-14(7-21-6-12)18(26)23-9-15-10-24-17(16(15)11-23)22-25(20(28)19(24)27)8-13-3-2-4-13/h5-7,13,15-16H,2-4,8-11H2,1H3/t15-,16+/m1/s1. The summed E-state index contributed by atoms with van der Waals surface area (Å²) in [4.78, 5) is 43.8. The number of nitrogens with zero attached hydrogens (tertiary/aromatic N) is 5. The molecule has 0 unspecified atom stereocenters. The number of pyridine rings is 1. The lowest BCUT2D eigenvalue weighted by atomic mass is 9.85. The molecule has 2 aliphatic heterocycles. The van der Waals surface area contributed by atoms with E-state index in [1.165, 1.54) is 15.7 Å². The van der Waals surface area contributed by atoms with Crippen molar-refractivity contribution in [2.24, 2.45) is 11.8 Å². The summed E-state index contributed by atoms with van der Waals surface area (Å²) in [6.45, 7) is 3.98. The van der Waals surface area contributed by atoms with Gasteiger partial charge in [0.15, 0.2) is 0 Å². The number of aryl methyl sites for hydroxylation is 1. The van der Waals surface area contributed by atoms with Crippen LogP contribution >= 0.6 is 0 Å². The van der Waals surface area contributed by atoms with Gasteiger partial charge in [0.1, 0.15) is 5.82 Å². The Kier molecular flexibility index (Phi) is 3.96. The van der Waals surface area contributed by atoms with Gasteiger partial charge in [0, 0.05) is 50.4 Å². The second-order valence-corrected chi connectivity index (χ2v) is 8.39. The molecule has 2 fully saturated rings. The van der Waals surface area contributed by atoms with Gasteiger partial charge in [-0.25, -0.2) is 4.68 Å². The van der Waals surface area contributed by atoms with E-state index in [4.69, 9.17) is 0 Å². The molecule has 0 N–H and O–H groups in total. The maximum Gasteiger partial charge on any atom is 0.332 e. The van der Waals surface area contributed by atoms with Crippen molar-refractivity contribution in [1.82, 2.24) is 24.2 Å². The zero-order chi connectivity index (χ0) is 19.4. The Bertz CT molecular complexity index is 1070. The molecular weight excluding hydrogens is 358 g/mol. The SMILES string of the molecule is Cc1cncc(C(=O)N2C[C@@H]3Cn4c(nn(CC5CCC5)c(=O)c4=O)[C@H]3C2)c1. The highest BCUT2D eigenvalue weighted by Gasteiger charge is 2.44. The Balaban J connectivity index is 1.42. The number of aromatic nitrogens is 4. The fraction of sp³-hybridized carbons (Fsp3) is 0.550. The lowest BCUT2D eigenvalue weighted by Crippen LogP contribution is -2.45. The van der Waals surface area contributed by atoms with Crippen LogP contribution in [0, 0.1) is 18.8 Å². The van der Waals surface area contributed by atoms with Gasteiger partial charge in [0.2, 0.25) is 0 Å². The van der Waals surface area contributed by atoms with Crippen molar-refractivity contribution in [3.63, 3.8) is 0 Å². The van der Waals surface area contributed by atoms with E-state index >= 15 is 0 Å². The third-order valence-corrected chi connectivity index (χ3v) is 6.42. The van der Waals surface area contributed by atoms with Crippen LogP contribution in [-0.4, -0.2) is 43.2 Å². The Morgan fingerprint density at radius 2 is 1.96 bits per heavy atom. The summed E-state index contributed by atoms with van der Waals surface area (Å²) in [6.07, 6.45) is 6.68. The van der Waals surface area contributed by atoms with Gasteiger partial charge >= 0.3 is 11.1 Å². The van der Waals surface area contributed by atoms with Gasteiger partial charge in [-0.1, -0.05) is 6.42 Å². The fourth-order valence-electron chi connectivity index (χ4n) is 4.65. The van der Waals surface area contributed by atoms with Gasteiger partial charge in [0.25, 0.3) is 5.91 Å². The second kappa shape index (κ2) is 6.39. The molecule has 28 heavy (non-hydrogen) atoms. The zero-order valence-electron chi connectivity index (χ0n) is 15.9. The highest BCUT2D eigenvalue weighted by molar-refractivity contribution is 5.94. The average Bonchev–Trinajstić information content (AvgIpc) is 3.20. The van der Waals surface area contributed by atoms with Crippen molar-refractivity contribution in [2.45, 2.75) is 45.2 Å². The Labute approximate surface area is 161 Å². The average molecular weight is 381 g/mol. The normalized spacial score (nSPS) is 23.4. The van der Waals surface area contributed by atoms with E-state index in [1.807, 2.05) is 17.9 Å². The summed E-state index contributed by atoms with van der Waals surface area (Å²) < 4.78 is 2.90. The Hall–Kier alpha value is -2.77. The predicted molar refractivity (Wildman–Crippen MR) is 101 cm³/mol. The first-order valence-corrected chi connectivity index (χ1v) is 9.94. The van der Waals surface area contributed by atoms with E-state index in [9.17, 15) is 14.4 Å². The molecule has 2 aromatic heterocycles. The molecule has 1 aliphatic carbocycles. The van der Waals surface area contributed by atoms with Gasteiger partial charge in [-0.05, 0) is 37.3 Å². The van der Waals surface area contributed by atoms with E-state index in [0.717, 1.165) is 18.4 Å². The van der Waals surface area contributed by atoms with Crippen LogP contribution in [0.2, 0.25) is 0 Å². The van der Waals surface area contributed by atoms with Crippen LogP contribution in [0.4, 0.5) is 0 Å². The minimum atomic E-state index is -0.519. The molecule has 2 aromatic rings. The van der Waals surface area contributed by atoms with Gasteiger partial charge in [-0.2, -0.15) is 5.10 Å². The molecule has 0 aromatic carbocycles. The zero-order valence-corrected chi connectivity index (χ0v) is 15.9. The fourth-order valence-corrected chi connectivity index (χ4v) is 4.65. The van der Waals surface area contributed by atoms with Crippen molar-refractivity contribution in [3.8, 4) is 0 Å². The van der Waals surface area contributed by atoms with E-state index < -0.39 is 11.1 Å². The van der Waals surface area contributed by atoms with Crippen LogP contribution < -0.4 is 11.1 Å². The highest BCUT2D eigenvalue weighted by atomic mass is 16.2. The minimum absolute atomic E-state index is 0.00246. The number of likely N-dealkylation sites (tertiary alicyclic amines) is 1. The molecule has 146 valence electrons. The van der Waals surface area contributed by atoms with Crippen LogP contribution in [0.25, 0.3) is 0 Å². The molecule has 5 rings (SSSR count). The Morgan fingerprint density at radius 1 is 1.14 bits per heavy atom. The van der Waals surface area contributed by atoms with Crippen molar-refractivity contribution in [2.75, 3.05) is 13.1 Å². The smallest absolute Gasteiger partial charge is 0.332 e. The lowest BCUT2D eigenvalue weighted by molar-refractivity contribution is 0.0782. The summed E-state index contributed by atoms with van der Waals surface area (Å²) in [6, 6.07) is 1.84. The van der Waals surface area contributed by atoms with Crippen LogP contribution in [0.1, 0.15) is 46.9 Å². The maximum absolute atomic E-state index is 12.9. The van der Waals surface area contributed by atoms with Crippen LogP contribution in [0.15, 0.2) is 28.0 Å². The number of hydrogen-bond donors (Lipinski definition) is 0. The summed E-state index contributed by atoms with van der Waals surface area (Å²) >= 11 is 0. The maximum atomic E-state index is 12.9. The quantitative estimate of drug-likeness (QED) is 0.733. The number of hydrogen-bond acceptors (Lipinski definition) is 5. The number of fused-ring (bicyclic) bond motifs is 3. The summed E-state index contributed by atoms with van der Waals surface area (Å²) in [7, 11) is 0. The second-order valence-electron chi connectivity index (χ2n) is 8.39. The van der Waals surface area contributed by atoms with Gasteiger partial charge in [0.05, 0.1) is 5.56 Å². The van der Waals surface area contributed by atoms with Crippen molar-refractivity contribution >= 4 is 5.91 Å². The summed E-state index contributed by atoms with van der Waals surface area (Å²) in [5.74, 6) is 1.19. The summed E-state index contributed by atoms with van der Waals surface area (Å²) in [5, 5.41) is 4.58. The molecular formula is C20H23N5O3. The highest BCUT2D eigenvalue weighted by Crippen LogP contribution is 2.37. The Morgan fingerprint density at radius 3 is 2.68 bits per heavy atom. The molecule has 1 saturated carbocycles. The van der Waals surface area contributed by atoms with Gasteiger partial charge in [-0.15, -0.1) is 0 Å². The number of carbonyl (C=O) groups is 1. The van der Waals surface area contributed by atoms with Crippen LogP contribution in [0.3, 0.4) is 0 Å². The predicted octanol–water partition coefficient (Wildman–Crippen LogP) is 0.778. The molecule has 8 heteroatoms. The first-order valence-electron chi connectivity index (χ1n) is 9.94. The molecule has 0 radical (unpaired) electrons.